The van der Waals surface area contributed by atoms with E-state index < -0.39 is 21.4 Å². The molecule has 0 aliphatic rings. The summed E-state index contributed by atoms with van der Waals surface area (Å²) in [7, 11) is -2.06. The summed E-state index contributed by atoms with van der Waals surface area (Å²) in [6.45, 7) is 5.63. The van der Waals surface area contributed by atoms with Gasteiger partial charge in [0.15, 0.2) is 11.6 Å². The van der Waals surface area contributed by atoms with Crippen molar-refractivity contribution in [2.75, 3.05) is 20.2 Å². The van der Waals surface area contributed by atoms with Gasteiger partial charge in [0.05, 0.1) is 11.4 Å². The summed E-state index contributed by atoms with van der Waals surface area (Å²) in [5, 5.41) is 0. The fourth-order valence-electron chi connectivity index (χ4n) is 2.41. The minimum Gasteiger partial charge on any atom is -0.489 e. The summed E-state index contributed by atoms with van der Waals surface area (Å²) in [6, 6.07) is 11.8. The number of carbonyl (C=O) groups excluding carboxylic acids is 1. The van der Waals surface area contributed by atoms with Crippen LogP contribution >= 0.6 is 0 Å². The van der Waals surface area contributed by atoms with Crippen molar-refractivity contribution >= 4 is 15.9 Å². The largest absolute Gasteiger partial charge is 0.489 e. The standard InChI is InChI=1S/C20H25FN2O4S/c1-20(2,3)22-28(25,26)16-11-9-15(10-12-16)19(24)23(4)13-14-27-18-8-6-5-7-17(18)21/h5-12,22H,13-14H2,1-4H3. The molecule has 2 aromatic carbocycles. The molecule has 0 bridgehead atoms. The van der Waals surface area contributed by atoms with Crippen LogP contribution in [0.5, 0.6) is 5.75 Å². The molecule has 152 valence electrons. The molecular formula is C20H25FN2O4S. The van der Waals surface area contributed by atoms with Gasteiger partial charge >= 0.3 is 0 Å². The summed E-state index contributed by atoms with van der Waals surface area (Å²) >= 11 is 0. The van der Waals surface area contributed by atoms with Crippen LogP contribution < -0.4 is 9.46 Å². The van der Waals surface area contributed by atoms with Crippen LogP contribution in [0.1, 0.15) is 31.1 Å². The molecule has 0 saturated carbocycles. The number of nitrogens with zero attached hydrogens (tertiary/aromatic N) is 1. The lowest BCUT2D eigenvalue weighted by atomic mass is 10.1. The Hall–Kier alpha value is -2.45. The summed E-state index contributed by atoms with van der Waals surface area (Å²) in [4.78, 5) is 14.0. The van der Waals surface area contributed by atoms with Crippen LogP contribution in [0.2, 0.25) is 0 Å². The topological polar surface area (TPSA) is 75.7 Å². The Bertz CT molecular complexity index is 922. The van der Waals surface area contributed by atoms with E-state index in [0.717, 1.165) is 0 Å². The van der Waals surface area contributed by atoms with E-state index in [2.05, 4.69) is 4.72 Å². The molecule has 28 heavy (non-hydrogen) atoms. The highest BCUT2D eigenvalue weighted by Gasteiger charge is 2.22. The zero-order chi connectivity index (χ0) is 20.9. The van der Waals surface area contributed by atoms with Gasteiger partial charge in [-0.15, -0.1) is 0 Å². The second kappa shape index (κ2) is 8.70. The SMILES string of the molecule is CN(CCOc1ccccc1F)C(=O)c1ccc(S(=O)(=O)NC(C)(C)C)cc1. The van der Waals surface area contributed by atoms with Crippen molar-refractivity contribution in [1.82, 2.24) is 9.62 Å². The van der Waals surface area contributed by atoms with Crippen LogP contribution in [0.15, 0.2) is 53.4 Å². The quantitative estimate of drug-likeness (QED) is 0.764. The Kier molecular flexibility index (Phi) is 6.79. The molecule has 1 N–H and O–H groups in total. The van der Waals surface area contributed by atoms with Gasteiger partial charge in [0.2, 0.25) is 10.0 Å². The Morgan fingerprint density at radius 3 is 2.29 bits per heavy atom. The normalized spacial score (nSPS) is 11.9. The minimum atomic E-state index is -3.66. The fraction of sp³-hybridized carbons (Fsp3) is 0.350. The van der Waals surface area contributed by atoms with E-state index in [9.17, 15) is 17.6 Å². The zero-order valence-electron chi connectivity index (χ0n) is 16.4. The first-order chi connectivity index (χ1) is 13.0. The van der Waals surface area contributed by atoms with E-state index in [4.69, 9.17) is 4.74 Å². The molecular weight excluding hydrogens is 383 g/mol. The molecule has 0 unspecified atom stereocenters. The van der Waals surface area contributed by atoms with E-state index in [1.54, 1.807) is 40.0 Å². The number of nitrogens with one attached hydrogen (secondary N) is 1. The number of amides is 1. The molecule has 0 atom stereocenters. The second-order valence-corrected chi connectivity index (χ2v) is 9.07. The van der Waals surface area contributed by atoms with E-state index >= 15 is 0 Å². The van der Waals surface area contributed by atoms with Crippen molar-refractivity contribution in [2.45, 2.75) is 31.2 Å². The highest BCUT2D eigenvalue weighted by atomic mass is 32.2. The van der Waals surface area contributed by atoms with Gasteiger partial charge in [0.1, 0.15) is 6.61 Å². The average Bonchev–Trinajstić information content (AvgIpc) is 2.60. The predicted octanol–water partition coefficient (Wildman–Crippen LogP) is 3.05. The Morgan fingerprint density at radius 1 is 1.11 bits per heavy atom. The van der Waals surface area contributed by atoms with Gasteiger partial charge in [0, 0.05) is 18.2 Å². The van der Waals surface area contributed by atoms with Gasteiger partial charge in [-0.05, 0) is 57.2 Å². The van der Waals surface area contributed by atoms with Crippen molar-refractivity contribution in [3.63, 3.8) is 0 Å². The molecule has 6 nitrogen and oxygen atoms in total. The fourth-order valence-corrected chi connectivity index (χ4v) is 3.83. The maximum atomic E-state index is 13.5. The number of sulfonamides is 1. The summed E-state index contributed by atoms with van der Waals surface area (Å²) < 4.78 is 46.0. The number of likely N-dealkylation sites (N-methyl/N-ethyl adjacent to an activating group) is 1. The highest BCUT2D eigenvalue weighted by molar-refractivity contribution is 7.89. The Morgan fingerprint density at radius 2 is 1.71 bits per heavy atom. The summed E-state index contributed by atoms with van der Waals surface area (Å²) in [5.74, 6) is -0.619. The van der Waals surface area contributed by atoms with Crippen molar-refractivity contribution < 1.29 is 22.3 Å². The van der Waals surface area contributed by atoms with Gasteiger partial charge in [-0.2, -0.15) is 0 Å². The van der Waals surface area contributed by atoms with Crippen LogP contribution in [0.3, 0.4) is 0 Å². The smallest absolute Gasteiger partial charge is 0.253 e. The first-order valence-electron chi connectivity index (χ1n) is 8.76. The molecule has 0 heterocycles. The maximum absolute atomic E-state index is 13.5. The molecule has 1 amide bonds. The molecule has 0 fully saturated rings. The molecule has 0 aliphatic heterocycles. The highest BCUT2D eigenvalue weighted by Crippen LogP contribution is 2.16. The number of para-hydroxylation sites is 1. The predicted molar refractivity (Wildman–Crippen MR) is 105 cm³/mol. The van der Waals surface area contributed by atoms with Crippen molar-refractivity contribution in [3.8, 4) is 5.75 Å². The molecule has 0 spiro atoms. The molecule has 8 heteroatoms. The third-order valence-electron chi connectivity index (χ3n) is 3.72. The van der Waals surface area contributed by atoms with E-state index in [1.807, 2.05) is 0 Å². The lowest BCUT2D eigenvalue weighted by molar-refractivity contribution is 0.0773. The lowest BCUT2D eigenvalue weighted by Gasteiger charge is -2.21. The monoisotopic (exact) mass is 408 g/mol. The van der Waals surface area contributed by atoms with Gasteiger partial charge in [-0.1, -0.05) is 12.1 Å². The maximum Gasteiger partial charge on any atom is 0.253 e. The first kappa shape index (κ1) is 21.8. The van der Waals surface area contributed by atoms with E-state index in [1.165, 1.54) is 41.3 Å². The first-order valence-corrected chi connectivity index (χ1v) is 10.2. The number of carbonyl (C=O) groups is 1. The average molecular weight is 408 g/mol. The molecule has 2 aromatic rings. The van der Waals surface area contributed by atoms with Crippen molar-refractivity contribution in [3.05, 3.63) is 59.9 Å². The molecule has 0 saturated heterocycles. The van der Waals surface area contributed by atoms with E-state index in [-0.39, 0.29) is 29.7 Å². The zero-order valence-corrected chi connectivity index (χ0v) is 17.2. The second-order valence-electron chi connectivity index (χ2n) is 7.39. The Labute approximate surface area is 165 Å². The van der Waals surface area contributed by atoms with Gasteiger partial charge in [-0.3, -0.25) is 4.79 Å². The van der Waals surface area contributed by atoms with Crippen LogP contribution in [-0.2, 0) is 10.0 Å². The van der Waals surface area contributed by atoms with Crippen LogP contribution in [0.4, 0.5) is 4.39 Å². The summed E-state index contributed by atoms with van der Waals surface area (Å²) in [6.07, 6.45) is 0. The van der Waals surface area contributed by atoms with Crippen molar-refractivity contribution in [2.24, 2.45) is 0 Å². The van der Waals surface area contributed by atoms with E-state index in [0.29, 0.717) is 5.56 Å². The van der Waals surface area contributed by atoms with Crippen LogP contribution in [0.25, 0.3) is 0 Å². The van der Waals surface area contributed by atoms with Crippen LogP contribution in [-0.4, -0.2) is 45.0 Å². The van der Waals surface area contributed by atoms with Gasteiger partial charge in [-0.25, -0.2) is 17.5 Å². The number of ether oxygens (including phenoxy) is 1. The molecule has 0 aliphatic carbocycles. The third-order valence-corrected chi connectivity index (χ3v) is 5.49. The minimum absolute atomic E-state index is 0.0875. The number of hydrogen-bond acceptors (Lipinski definition) is 4. The van der Waals surface area contributed by atoms with Crippen molar-refractivity contribution in [1.29, 1.82) is 0 Å². The lowest BCUT2D eigenvalue weighted by Crippen LogP contribution is -2.40. The van der Waals surface area contributed by atoms with Gasteiger partial charge < -0.3 is 9.64 Å². The summed E-state index contributed by atoms with van der Waals surface area (Å²) in [5.41, 5.74) is -0.255. The molecule has 2 rings (SSSR count). The third kappa shape index (κ3) is 6.03. The number of halogens is 1. The van der Waals surface area contributed by atoms with Gasteiger partial charge in [0.25, 0.3) is 5.91 Å². The molecule has 0 aromatic heterocycles. The van der Waals surface area contributed by atoms with Crippen LogP contribution in [0, 0.1) is 5.82 Å². The number of rotatable bonds is 7. The Balaban J connectivity index is 1.97. The number of benzene rings is 2. The molecule has 0 radical (unpaired) electrons. The number of hydrogen-bond donors (Lipinski definition) is 1.